The summed E-state index contributed by atoms with van der Waals surface area (Å²) in [5, 5.41) is 12.6. The molecule has 1 heterocycles. The van der Waals surface area contributed by atoms with Gasteiger partial charge in [0.25, 0.3) is 0 Å². The normalized spacial score (nSPS) is 11.9. The van der Waals surface area contributed by atoms with Crippen LogP contribution in [-0.2, 0) is 0 Å². The number of para-hydroxylation sites is 1. The fourth-order valence-corrected chi connectivity index (χ4v) is 3.24. The smallest absolute Gasteiger partial charge is 0.149 e. The molecule has 1 N–H and O–H groups in total. The second-order valence-corrected chi connectivity index (χ2v) is 6.22. The molecule has 1 aromatic heterocycles. The first-order valence-corrected chi connectivity index (χ1v) is 7.20. The van der Waals surface area contributed by atoms with Crippen LogP contribution in [0.1, 0.15) is 21.4 Å². The van der Waals surface area contributed by atoms with Gasteiger partial charge in [-0.2, -0.15) is 5.26 Å². The summed E-state index contributed by atoms with van der Waals surface area (Å²) in [6.45, 7) is 4.08. The van der Waals surface area contributed by atoms with Crippen molar-refractivity contribution in [1.82, 2.24) is 0 Å². The maximum absolute atomic E-state index is 9.31. The van der Waals surface area contributed by atoms with Gasteiger partial charge < -0.3 is 5.32 Å². The first kappa shape index (κ1) is 13.1. The fraction of sp³-hybridized carbons (Fsp3) is 0.214. The lowest BCUT2D eigenvalue weighted by atomic mass is 10.1. The van der Waals surface area contributed by atoms with Crippen LogP contribution in [0.5, 0.6) is 0 Å². The van der Waals surface area contributed by atoms with Crippen LogP contribution in [0.3, 0.4) is 0 Å². The molecule has 1 unspecified atom stereocenters. The van der Waals surface area contributed by atoms with Crippen LogP contribution in [0, 0.1) is 25.2 Å². The van der Waals surface area contributed by atoms with Gasteiger partial charge in [0.05, 0.1) is 6.07 Å². The maximum Gasteiger partial charge on any atom is 0.149 e. The molecule has 0 fully saturated rings. The van der Waals surface area contributed by atoms with Gasteiger partial charge in [0, 0.05) is 19.9 Å². The number of thiophene rings is 1. The number of benzene rings is 1. The molecular formula is C14H13BrN2S. The Hall–Kier alpha value is -1.31. The molecule has 92 valence electrons. The van der Waals surface area contributed by atoms with Crippen molar-refractivity contribution in [3.63, 3.8) is 0 Å². The van der Waals surface area contributed by atoms with E-state index in [4.69, 9.17) is 0 Å². The van der Waals surface area contributed by atoms with Gasteiger partial charge in [-0.1, -0.05) is 18.2 Å². The topological polar surface area (TPSA) is 35.8 Å². The lowest BCUT2D eigenvalue weighted by Crippen LogP contribution is -2.07. The molecule has 0 radical (unpaired) electrons. The van der Waals surface area contributed by atoms with E-state index in [0.717, 1.165) is 20.6 Å². The lowest BCUT2D eigenvalue weighted by molar-refractivity contribution is 1.02. The van der Waals surface area contributed by atoms with Crippen molar-refractivity contribution >= 4 is 33.0 Å². The summed E-state index contributed by atoms with van der Waals surface area (Å²) >= 11 is 5.13. The molecule has 0 bridgehead atoms. The summed E-state index contributed by atoms with van der Waals surface area (Å²) in [7, 11) is 0. The van der Waals surface area contributed by atoms with Crippen molar-refractivity contribution in [2.24, 2.45) is 0 Å². The maximum atomic E-state index is 9.31. The standard InChI is InChI=1S/C14H13BrN2S/c1-9-5-3-4-6-12(9)17-13(8-16)14-7-11(15)10(2)18-14/h3-7,13,17H,1-2H3. The van der Waals surface area contributed by atoms with E-state index in [1.165, 1.54) is 4.88 Å². The number of anilines is 1. The van der Waals surface area contributed by atoms with Gasteiger partial charge in [0.1, 0.15) is 6.04 Å². The van der Waals surface area contributed by atoms with Crippen LogP contribution in [0.15, 0.2) is 34.8 Å². The Morgan fingerprint density at radius 1 is 1.33 bits per heavy atom. The summed E-state index contributed by atoms with van der Waals surface area (Å²) in [4.78, 5) is 2.22. The van der Waals surface area contributed by atoms with Crippen molar-refractivity contribution < 1.29 is 0 Å². The Labute approximate surface area is 119 Å². The monoisotopic (exact) mass is 320 g/mol. The van der Waals surface area contributed by atoms with E-state index in [-0.39, 0.29) is 6.04 Å². The van der Waals surface area contributed by atoms with Gasteiger partial charge in [-0.05, 0) is 47.5 Å². The molecule has 0 saturated carbocycles. The highest BCUT2D eigenvalue weighted by Gasteiger charge is 2.15. The highest BCUT2D eigenvalue weighted by atomic mass is 79.9. The van der Waals surface area contributed by atoms with E-state index < -0.39 is 0 Å². The van der Waals surface area contributed by atoms with E-state index in [2.05, 4.69) is 27.3 Å². The number of nitrogens with zero attached hydrogens (tertiary/aromatic N) is 1. The molecule has 0 aliphatic rings. The second-order valence-electron chi connectivity index (χ2n) is 4.07. The molecule has 0 spiro atoms. The summed E-state index contributed by atoms with van der Waals surface area (Å²) in [6.07, 6.45) is 0. The molecule has 2 nitrogen and oxygen atoms in total. The minimum atomic E-state index is -0.305. The Balaban J connectivity index is 2.26. The van der Waals surface area contributed by atoms with Crippen LogP contribution >= 0.6 is 27.3 Å². The number of hydrogen-bond donors (Lipinski definition) is 1. The number of hydrogen-bond acceptors (Lipinski definition) is 3. The first-order chi connectivity index (χ1) is 8.61. The summed E-state index contributed by atoms with van der Waals surface area (Å²) in [5.74, 6) is 0. The summed E-state index contributed by atoms with van der Waals surface area (Å²) < 4.78 is 1.06. The number of halogens is 1. The minimum absolute atomic E-state index is 0.305. The quantitative estimate of drug-likeness (QED) is 0.881. The van der Waals surface area contributed by atoms with Crippen LogP contribution in [0.2, 0.25) is 0 Å². The van der Waals surface area contributed by atoms with Crippen molar-refractivity contribution in [2.75, 3.05) is 5.32 Å². The van der Waals surface area contributed by atoms with Crippen LogP contribution in [-0.4, -0.2) is 0 Å². The zero-order valence-electron chi connectivity index (χ0n) is 10.2. The number of aryl methyl sites for hydroxylation is 2. The molecule has 4 heteroatoms. The molecule has 2 rings (SSSR count). The SMILES string of the molecule is Cc1ccccc1NC(C#N)c1cc(Br)c(C)s1. The minimum Gasteiger partial charge on any atom is -0.365 e. The van der Waals surface area contributed by atoms with E-state index >= 15 is 0 Å². The van der Waals surface area contributed by atoms with Crippen molar-refractivity contribution in [1.29, 1.82) is 5.26 Å². The molecule has 0 aliphatic carbocycles. The van der Waals surface area contributed by atoms with Crippen LogP contribution in [0.25, 0.3) is 0 Å². The second kappa shape index (κ2) is 5.55. The average molecular weight is 321 g/mol. The Bertz CT molecular complexity index is 579. The Morgan fingerprint density at radius 3 is 2.61 bits per heavy atom. The number of nitriles is 1. The van der Waals surface area contributed by atoms with Gasteiger partial charge >= 0.3 is 0 Å². The third-order valence-electron chi connectivity index (χ3n) is 2.73. The van der Waals surface area contributed by atoms with Crippen LogP contribution in [0.4, 0.5) is 5.69 Å². The zero-order valence-corrected chi connectivity index (χ0v) is 12.6. The van der Waals surface area contributed by atoms with Gasteiger partial charge in [0.15, 0.2) is 0 Å². The fourth-order valence-electron chi connectivity index (χ4n) is 1.68. The molecular weight excluding hydrogens is 308 g/mol. The van der Waals surface area contributed by atoms with Crippen molar-refractivity contribution in [2.45, 2.75) is 19.9 Å². The first-order valence-electron chi connectivity index (χ1n) is 5.59. The highest BCUT2D eigenvalue weighted by molar-refractivity contribution is 9.10. The highest BCUT2D eigenvalue weighted by Crippen LogP contribution is 2.32. The Morgan fingerprint density at radius 2 is 2.06 bits per heavy atom. The largest absolute Gasteiger partial charge is 0.365 e. The predicted octanol–water partition coefficient (Wildman–Crippen LogP) is 4.80. The third kappa shape index (κ3) is 2.74. The summed E-state index contributed by atoms with van der Waals surface area (Å²) in [6, 6.07) is 12.0. The average Bonchev–Trinajstić information content (AvgIpc) is 2.68. The molecule has 0 aliphatic heterocycles. The third-order valence-corrected chi connectivity index (χ3v) is 4.94. The Kier molecular flexibility index (Phi) is 4.05. The van der Waals surface area contributed by atoms with E-state index in [1.807, 2.05) is 44.2 Å². The zero-order chi connectivity index (χ0) is 13.1. The molecule has 0 saturated heterocycles. The van der Waals surface area contributed by atoms with Crippen LogP contribution < -0.4 is 5.32 Å². The predicted molar refractivity (Wildman–Crippen MR) is 79.9 cm³/mol. The molecule has 1 aromatic carbocycles. The molecule has 18 heavy (non-hydrogen) atoms. The van der Waals surface area contributed by atoms with Crippen molar-refractivity contribution in [3.8, 4) is 6.07 Å². The molecule has 1 atom stereocenters. The van der Waals surface area contributed by atoms with E-state index in [0.29, 0.717) is 0 Å². The van der Waals surface area contributed by atoms with Gasteiger partial charge in [-0.25, -0.2) is 0 Å². The molecule has 2 aromatic rings. The lowest BCUT2D eigenvalue weighted by Gasteiger charge is -2.13. The van der Waals surface area contributed by atoms with Gasteiger partial charge in [-0.3, -0.25) is 0 Å². The van der Waals surface area contributed by atoms with Gasteiger partial charge in [0.2, 0.25) is 0 Å². The van der Waals surface area contributed by atoms with E-state index in [1.54, 1.807) is 11.3 Å². The summed E-state index contributed by atoms with van der Waals surface area (Å²) in [5.41, 5.74) is 2.15. The number of rotatable bonds is 3. The van der Waals surface area contributed by atoms with Gasteiger partial charge in [-0.15, -0.1) is 11.3 Å². The number of nitrogens with one attached hydrogen (secondary N) is 1. The van der Waals surface area contributed by atoms with E-state index in [9.17, 15) is 5.26 Å². The molecule has 0 amide bonds. The van der Waals surface area contributed by atoms with Crippen molar-refractivity contribution in [3.05, 3.63) is 50.1 Å².